The highest BCUT2D eigenvalue weighted by Gasteiger charge is 2.26. The molecule has 0 unspecified atom stereocenters. The summed E-state index contributed by atoms with van der Waals surface area (Å²) in [5.41, 5.74) is 1.03. The third-order valence-electron chi connectivity index (χ3n) is 3.97. The van der Waals surface area contributed by atoms with Crippen molar-refractivity contribution in [3.63, 3.8) is 0 Å². The van der Waals surface area contributed by atoms with Crippen molar-refractivity contribution in [2.24, 2.45) is 10.2 Å². The molecule has 1 fully saturated rings. The number of amides is 1. The lowest BCUT2D eigenvalue weighted by atomic mass is 10.3. The van der Waals surface area contributed by atoms with Gasteiger partial charge in [-0.3, -0.25) is 4.79 Å². The van der Waals surface area contributed by atoms with E-state index in [4.69, 9.17) is 4.42 Å². The second-order valence-electron chi connectivity index (χ2n) is 5.45. The van der Waals surface area contributed by atoms with Crippen LogP contribution in [0.4, 0.5) is 0 Å². The second kappa shape index (κ2) is 6.82. The maximum atomic E-state index is 12.3. The zero-order valence-corrected chi connectivity index (χ0v) is 14.6. The number of carbonyl (C=O) groups excluding carboxylic acids is 1. The van der Waals surface area contributed by atoms with E-state index < -0.39 is 0 Å². The van der Waals surface area contributed by atoms with Gasteiger partial charge in [-0.2, -0.15) is 5.10 Å². The fraction of sp³-hybridized carbons (Fsp3) is 0.312. The van der Waals surface area contributed by atoms with Gasteiger partial charge in [-0.1, -0.05) is 17.8 Å². The fourth-order valence-corrected chi connectivity index (χ4v) is 4.41. The Hall–Kier alpha value is -2.06. The van der Waals surface area contributed by atoms with Crippen LogP contribution in [0.2, 0.25) is 0 Å². The number of hydrogen-bond acceptors (Lipinski definition) is 7. The largest absolute Gasteiger partial charge is 0.459 e. The molecule has 2 aliphatic rings. The second-order valence-corrected chi connectivity index (χ2v) is 7.34. The molecule has 1 saturated heterocycles. The van der Waals surface area contributed by atoms with Crippen molar-refractivity contribution < 1.29 is 9.21 Å². The lowest BCUT2D eigenvalue weighted by Gasteiger charge is -2.35. The molecule has 4 rings (SSSR count). The average Bonchev–Trinajstić information content (AvgIpc) is 3.35. The normalized spacial score (nSPS) is 18.3. The molecule has 0 N–H and O–H groups in total. The molecule has 0 aliphatic carbocycles. The molecule has 24 heavy (non-hydrogen) atoms. The van der Waals surface area contributed by atoms with Gasteiger partial charge in [0.2, 0.25) is 0 Å². The summed E-state index contributed by atoms with van der Waals surface area (Å²) in [6.45, 7) is 2.87. The molecule has 2 aliphatic heterocycles. The Morgan fingerprint density at radius 1 is 1.12 bits per heavy atom. The molecule has 0 aromatic carbocycles. The number of carbonyl (C=O) groups is 1. The van der Waals surface area contributed by atoms with E-state index in [2.05, 4.69) is 26.5 Å². The van der Waals surface area contributed by atoms with Crippen LogP contribution in [0, 0.1) is 0 Å². The van der Waals surface area contributed by atoms with Crippen molar-refractivity contribution in [1.82, 2.24) is 9.80 Å². The maximum Gasteiger partial charge on any atom is 0.289 e. The Labute approximate surface area is 147 Å². The van der Waals surface area contributed by atoms with E-state index in [1.54, 1.807) is 35.2 Å². The summed E-state index contributed by atoms with van der Waals surface area (Å²) in [5, 5.41) is 11.8. The monoisotopic (exact) mass is 360 g/mol. The summed E-state index contributed by atoms with van der Waals surface area (Å²) in [5.74, 6) is 1.19. The summed E-state index contributed by atoms with van der Waals surface area (Å²) < 4.78 is 5.19. The number of nitrogens with zero attached hydrogens (tertiary/aromatic N) is 4. The van der Waals surface area contributed by atoms with Gasteiger partial charge in [0.15, 0.2) is 10.9 Å². The smallest absolute Gasteiger partial charge is 0.289 e. The number of thioether (sulfide) groups is 1. The van der Waals surface area contributed by atoms with Gasteiger partial charge in [0.1, 0.15) is 0 Å². The first-order chi connectivity index (χ1) is 11.8. The maximum absolute atomic E-state index is 12.3. The highest BCUT2D eigenvalue weighted by Crippen LogP contribution is 2.22. The first-order valence-electron chi connectivity index (χ1n) is 7.70. The molecular weight excluding hydrogens is 344 g/mol. The molecule has 0 saturated carbocycles. The minimum Gasteiger partial charge on any atom is -0.459 e. The van der Waals surface area contributed by atoms with Crippen LogP contribution < -0.4 is 0 Å². The fourth-order valence-electron chi connectivity index (χ4n) is 2.67. The molecule has 8 heteroatoms. The van der Waals surface area contributed by atoms with Crippen molar-refractivity contribution in [2.45, 2.75) is 0 Å². The summed E-state index contributed by atoms with van der Waals surface area (Å²) >= 11 is 3.40. The third kappa shape index (κ3) is 3.11. The predicted molar refractivity (Wildman–Crippen MR) is 96.9 cm³/mol. The number of thiophene rings is 1. The Kier molecular flexibility index (Phi) is 4.40. The van der Waals surface area contributed by atoms with Crippen LogP contribution in [-0.2, 0) is 0 Å². The molecule has 0 radical (unpaired) electrons. The number of hydrogen-bond donors (Lipinski definition) is 0. The SMILES string of the molecule is O=C(c1ccco1)N1CCN(C2=NN=C(c3cccs3)CS2)CC1. The van der Waals surface area contributed by atoms with E-state index in [-0.39, 0.29) is 5.91 Å². The summed E-state index contributed by atoms with van der Waals surface area (Å²) in [4.78, 5) is 17.5. The van der Waals surface area contributed by atoms with Crippen molar-refractivity contribution in [3.8, 4) is 0 Å². The van der Waals surface area contributed by atoms with Crippen molar-refractivity contribution >= 4 is 39.9 Å². The Morgan fingerprint density at radius 2 is 2.00 bits per heavy atom. The molecule has 2 aromatic rings. The number of furan rings is 1. The van der Waals surface area contributed by atoms with Crippen LogP contribution >= 0.6 is 23.1 Å². The summed E-state index contributed by atoms with van der Waals surface area (Å²) in [7, 11) is 0. The van der Waals surface area contributed by atoms with Gasteiger partial charge < -0.3 is 14.2 Å². The highest BCUT2D eigenvalue weighted by molar-refractivity contribution is 8.14. The molecule has 0 atom stereocenters. The zero-order chi connectivity index (χ0) is 16.4. The predicted octanol–water partition coefficient (Wildman–Crippen LogP) is 2.61. The number of rotatable bonds is 2. The van der Waals surface area contributed by atoms with Gasteiger partial charge >= 0.3 is 0 Å². The lowest BCUT2D eigenvalue weighted by Crippen LogP contribution is -2.50. The van der Waals surface area contributed by atoms with Gasteiger partial charge in [0.25, 0.3) is 5.91 Å². The van der Waals surface area contributed by atoms with E-state index in [1.165, 1.54) is 11.1 Å². The molecular formula is C16H16N4O2S2. The standard InChI is InChI=1S/C16H16N4O2S2/c21-15(13-3-1-9-22-13)19-5-7-20(8-6-19)16-18-17-12(11-24-16)14-4-2-10-23-14/h1-4,9-10H,5-8,11H2. The van der Waals surface area contributed by atoms with E-state index in [0.717, 1.165) is 29.7 Å². The third-order valence-corrected chi connectivity index (χ3v) is 5.90. The van der Waals surface area contributed by atoms with Crippen LogP contribution in [0.25, 0.3) is 0 Å². The first kappa shape index (κ1) is 15.5. The average molecular weight is 360 g/mol. The number of piperazine rings is 1. The Balaban J connectivity index is 1.37. The minimum absolute atomic E-state index is 0.0455. The van der Waals surface area contributed by atoms with Gasteiger partial charge in [0.05, 0.1) is 16.9 Å². The molecule has 6 nitrogen and oxygen atoms in total. The van der Waals surface area contributed by atoms with E-state index in [9.17, 15) is 4.79 Å². The molecule has 1 amide bonds. The van der Waals surface area contributed by atoms with Crippen LogP contribution in [0.15, 0.2) is 50.5 Å². The van der Waals surface area contributed by atoms with Gasteiger partial charge in [-0.25, -0.2) is 0 Å². The quantitative estimate of drug-likeness (QED) is 0.826. The van der Waals surface area contributed by atoms with Crippen LogP contribution in [0.3, 0.4) is 0 Å². The topological polar surface area (TPSA) is 61.4 Å². The van der Waals surface area contributed by atoms with E-state index in [0.29, 0.717) is 18.8 Å². The first-order valence-corrected chi connectivity index (χ1v) is 9.57. The molecule has 0 spiro atoms. The van der Waals surface area contributed by atoms with Gasteiger partial charge in [0, 0.05) is 31.9 Å². The molecule has 0 bridgehead atoms. The molecule has 2 aromatic heterocycles. The van der Waals surface area contributed by atoms with E-state index >= 15 is 0 Å². The van der Waals surface area contributed by atoms with Crippen LogP contribution in [0.5, 0.6) is 0 Å². The van der Waals surface area contributed by atoms with E-state index in [1.807, 2.05) is 11.0 Å². The van der Waals surface area contributed by atoms with Crippen LogP contribution in [0.1, 0.15) is 15.4 Å². The molecule has 124 valence electrons. The van der Waals surface area contributed by atoms with Crippen molar-refractivity contribution in [2.75, 3.05) is 31.9 Å². The Bertz CT molecular complexity index is 760. The number of amidine groups is 1. The Morgan fingerprint density at radius 3 is 2.62 bits per heavy atom. The minimum atomic E-state index is -0.0455. The van der Waals surface area contributed by atoms with Crippen LogP contribution in [-0.4, -0.2) is 58.5 Å². The van der Waals surface area contributed by atoms with Crippen molar-refractivity contribution in [3.05, 3.63) is 46.5 Å². The zero-order valence-electron chi connectivity index (χ0n) is 12.9. The summed E-state index contributed by atoms with van der Waals surface area (Å²) in [6, 6.07) is 7.54. The molecule has 4 heterocycles. The lowest BCUT2D eigenvalue weighted by molar-refractivity contribution is 0.0661. The van der Waals surface area contributed by atoms with Gasteiger partial charge in [-0.15, -0.1) is 16.4 Å². The summed E-state index contributed by atoms with van der Waals surface area (Å²) in [6.07, 6.45) is 1.53. The van der Waals surface area contributed by atoms with Gasteiger partial charge in [-0.05, 0) is 23.6 Å². The highest BCUT2D eigenvalue weighted by atomic mass is 32.2. The van der Waals surface area contributed by atoms with Crippen molar-refractivity contribution in [1.29, 1.82) is 0 Å².